The molecule has 3 N–H and O–H groups in total. The van der Waals surface area contributed by atoms with Crippen LogP contribution in [0.3, 0.4) is 0 Å². The molecule has 0 saturated heterocycles. The third-order valence-electron chi connectivity index (χ3n) is 3.57. The topological polar surface area (TPSA) is 90.4 Å². The summed E-state index contributed by atoms with van der Waals surface area (Å²) in [6.45, 7) is 3.76. The summed E-state index contributed by atoms with van der Waals surface area (Å²) in [6, 6.07) is 11.4. The van der Waals surface area contributed by atoms with E-state index < -0.39 is 0 Å². The number of thioether (sulfide) groups is 1. The van der Waals surface area contributed by atoms with Gasteiger partial charge in [-0.15, -0.1) is 0 Å². The van der Waals surface area contributed by atoms with Crippen LogP contribution in [0.25, 0.3) is 11.0 Å². The third kappa shape index (κ3) is 4.19. The molecule has 0 atom stereocenters. The molecule has 6 nitrogen and oxygen atoms in total. The van der Waals surface area contributed by atoms with Crippen LogP contribution in [0.1, 0.15) is 16.7 Å². The number of carbonyl (C=O) groups excluding carboxylic acids is 1. The molecular weight excluding hydrogens is 336 g/mol. The van der Waals surface area contributed by atoms with E-state index in [1.165, 1.54) is 18.0 Å². The molecule has 0 spiro atoms. The molecule has 25 heavy (non-hydrogen) atoms. The van der Waals surface area contributed by atoms with Gasteiger partial charge >= 0.3 is 0 Å². The fraction of sp³-hybridized carbons (Fsp3) is 0.167. The van der Waals surface area contributed by atoms with Gasteiger partial charge in [0.05, 0.1) is 23.0 Å². The van der Waals surface area contributed by atoms with E-state index in [1.54, 1.807) is 6.07 Å². The average molecular weight is 354 g/mol. The molecular formula is C18H18N4O2S. The Hall–Kier alpha value is -2.80. The number of imidazole rings is 1. The van der Waals surface area contributed by atoms with Crippen LogP contribution in [0, 0.1) is 13.8 Å². The first-order chi connectivity index (χ1) is 12.0. The van der Waals surface area contributed by atoms with Gasteiger partial charge in [-0.1, -0.05) is 30.0 Å². The predicted molar refractivity (Wildman–Crippen MR) is 100 cm³/mol. The summed E-state index contributed by atoms with van der Waals surface area (Å²) in [5.74, 6) is 0.113. The van der Waals surface area contributed by atoms with Crippen LogP contribution < -0.4 is 5.43 Å². The predicted octanol–water partition coefficient (Wildman–Crippen LogP) is 3.13. The number of carbonyl (C=O) groups is 1. The van der Waals surface area contributed by atoms with Crippen molar-refractivity contribution in [2.24, 2.45) is 5.10 Å². The van der Waals surface area contributed by atoms with Crippen LogP contribution in [-0.4, -0.2) is 32.9 Å². The van der Waals surface area contributed by atoms with E-state index in [-0.39, 0.29) is 17.4 Å². The summed E-state index contributed by atoms with van der Waals surface area (Å²) in [4.78, 5) is 19.4. The van der Waals surface area contributed by atoms with Crippen molar-refractivity contribution in [3.63, 3.8) is 0 Å². The zero-order valence-corrected chi connectivity index (χ0v) is 14.7. The first-order valence-electron chi connectivity index (χ1n) is 7.72. The monoisotopic (exact) mass is 354 g/mol. The lowest BCUT2D eigenvalue weighted by Crippen LogP contribution is -2.19. The number of phenols is 1. The molecule has 2 aromatic carbocycles. The molecule has 0 unspecified atom stereocenters. The molecule has 7 heteroatoms. The second-order valence-corrected chi connectivity index (χ2v) is 6.62. The van der Waals surface area contributed by atoms with Gasteiger partial charge in [-0.25, -0.2) is 10.4 Å². The Kier molecular flexibility index (Phi) is 5.04. The van der Waals surface area contributed by atoms with E-state index in [4.69, 9.17) is 0 Å². The number of benzene rings is 2. The Balaban J connectivity index is 1.56. The van der Waals surface area contributed by atoms with E-state index in [0.29, 0.717) is 10.7 Å². The van der Waals surface area contributed by atoms with Crippen molar-refractivity contribution >= 4 is 34.9 Å². The molecule has 1 aromatic heterocycles. The summed E-state index contributed by atoms with van der Waals surface area (Å²) >= 11 is 1.31. The molecule has 1 heterocycles. The van der Waals surface area contributed by atoms with Gasteiger partial charge in [0.1, 0.15) is 5.75 Å². The van der Waals surface area contributed by atoms with Crippen LogP contribution in [-0.2, 0) is 4.79 Å². The molecule has 3 rings (SSSR count). The standard InChI is InChI=1S/C18H18N4O2S/c1-11-7-12(2)17(24)13(8-11)9-19-22-16(23)10-25-18-20-14-5-3-4-6-15(14)21-18/h3-9,24H,10H2,1-2H3,(H,20,21)(H,22,23). The first kappa shape index (κ1) is 17.0. The normalized spacial score (nSPS) is 11.3. The molecule has 3 aromatic rings. The number of hydrogen-bond donors (Lipinski definition) is 3. The van der Waals surface area contributed by atoms with Crippen molar-refractivity contribution in [2.75, 3.05) is 5.75 Å². The number of aromatic amines is 1. The minimum absolute atomic E-state index is 0.167. The van der Waals surface area contributed by atoms with Crippen LogP contribution in [0.15, 0.2) is 46.7 Å². The van der Waals surface area contributed by atoms with Crippen LogP contribution >= 0.6 is 11.8 Å². The number of fused-ring (bicyclic) bond motifs is 1. The number of nitrogens with one attached hydrogen (secondary N) is 2. The van der Waals surface area contributed by atoms with Gasteiger partial charge in [0.15, 0.2) is 5.16 Å². The highest BCUT2D eigenvalue weighted by Gasteiger charge is 2.07. The highest BCUT2D eigenvalue weighted by Crippen LogP contribution is 2.22. The van der Waals surface area contributed by atoms with Crippen molar-refractivity contribution in [1.29, 1.82) is 0 Å². The minimum atomic E-state index is -0.245. The maximum atomic E-state index is 11.9. The molecule has 128 valence electrons. The summed E-state index contributed by atoms with van der Waals surface area (Å²) in [5, 5.41) is 14.6. The van der Waals surface area contributed by atoms with Crippen molar-refractivity contribution in [3.8, 4) is 5.75 Å². The lowest BCUT2D eigenvalue weighted by molar-refractivity contribution is -0.118. The largest absolute Gasteiger partial charge is 0.507 e. The zero-order chi connectivity index (χ0) is 17.8. The Morgan fingerprint density at radius 1 is 1.36 bits per heavy atom. The van der Waals surface area contributed by atoms with Crippen LogP contribution in [0.4, 0.5) is 0 Å². The van der Waals surface area contributed by atoms with E-state index in [1.807, 2.05) is 44.2 Å². The minimum Gasteiger partial charge on any atom is -0.507 e. The molecule has 0 radical (unpaired) electrons. The molecule has 0 aliphatic heterocycles. The van der Waals surface area contributed by atoms with Gasteiger partial charge in [0.25, 0.3) is 5.91 Å². The summed E-state index contributed by atoms with van der Waals surface area (Å²) in [5.41, 5.74) is 6.63. The number of aryl methyl sites for hydroxylation is 2. The summed E-state index contributed by atoms with van der Waals surface area (Å²) in [6.07, 6.45) is 1.44. The number of H-pyrrole nitrogens is 1. The Bertz CT molecular complexity index is 916. The van der Waals surface area contributed by atoms with E-state index in [9.17, 15) is 9.90 Å². The van der Waals surface area contributed by atoms with Gasteiger partial charge in [-0.3, -0.25) is 4.79 Å². The maximum absolute atomic E-state index is 11.9. The van der Waals surface area contributed by atoms with E-state index in [0.717, 1.165) is 22.2 Å². The van der Waals surface area contributed by atoms with Crippen LogP contribution in [0.2, 0.25) is 0 Å². The Morgan fingerprint density at radius 2 is 2.16 bits per heavy atom. The number of phenolic OH excluding ortho intramolecular Hbond substituents is 1. The number of hydrogen-bond acceptors (Lipinski definition) is 5. The van der Waals surface area contributed by atoms with E-state index in [2.05, 4.69) is 20.5 Å². The highest BCUT2D eigenvalue weighted by molar-refractivity contribution is 7.99. The van der Waals surface area contributed by atoms with E-state index >= 15 is 0 Å². The quantitative estimate of drug-likeness (QED) is 0.373. The number of rotatable bonds is 5. The third-order valence-corrected chi connectivity index (χ3v) is 4.45. The van der Waals surface area contributed by atoms with Crippen molar-refractivity contribution in [2.45, 2.75) is 19.0 Å². The number of nitrogens with zero attached hydrogens (tertiary/aromatic N) is 2. The number of aromatic hydroxyl groups is 1. The maximum Gasteiger partial charge on any atom is 0.250 e. The lowest BCUT2D eigenvalue weighted by Gasteiger charge is -2.04. The van der Waals surface area contributed by atoms with Crippen molar-refractivity contribution in [3.05, 3.63) is 53.1 Å². The molecule has 0 saturated carbocycles. The molecule has 0 aliphatic carbocycles. The van der Waals surface area contributed by atoms with Gasteiger partial charge in [-0.05, 0) is 43.2 Å². The van der Waals surface area contributed by atoms with Crippen molar-refractivity contribution < 1.29 is 9.90 Å². The first-order valence-corrected chi connectivity index (χ1v) is 8.71. The Morgan fingerprint density at radius 3 is 2.96 bits per heavy atom. The second-order valence-electron chi connectivity index (χ2n) is 5.66. The van der Waals surface area contributed by atoms with Gasteiger partial charge in [0.2, 0.25) is 0 Å². The fourth-order valence-corrected chi connectivity index (χ4v) is 3.11. The number of amides is 1. The van der Waals surface area contributed by atoms with Crippen LogP contribution in [0.5, 0.6) is 5.75 Å². The fourth-order valence-electron chi connectivity index (χ4n) is 2.43. The van der Waals surface area contributed by atoms with Gasteiger partial charge < -0.3 is 10.1 Å². The SMILES string of the molecule is Cc1cc(C)c(O)c(C=NNC(=O)CSc2nc3ccccc3[nH]2)c1. The summed E-state index contributed by atoms with van der Waals surface area (Å²) in [7, 11) is 0. The molecule has 1 amide bonds. The molecule has 0 aliphatic rings. The van der Waals surface area contributed by atoms with Crippen molar-refractivity contribution in [1.82, 2.24) is 15.4 Å². The second kappa shape index (κ2) is 7.40. The summed E-state index contributed by atoms with van der Waals surface area (Å²) < 4.78 is 0. The van der Waals surface area contributed by atoms with Gasteiger partial charge in [0, 0.05) is 5.56 Å². The smallest absolute Gasteiger partial charge is 0.250 e. The molecule has 0 bridgehead atoms. The number of hydrazone groups is 1. The number of para-hydroxylation sites is 2. The molecule has 0 fully saturated rings. The number of aromatic nitrogens is 2. The average Bonchev–Trinajstić information content (AvgIpc) is 3.00. The van der Waals surface area contributed by atoms with Gasteiger partial charge in [-0.2, -0.15) is 5.10 Å². The Labute approximate surface area is 149 Å². The highest BCUT2D eigenvalue weighted by atomic mass is 32.2. The zero-order valence-electron chi connectivity index (χ0n) is 13.9. The lowest BCUT2D eigenvalue weighted by atomic mass is 10.1.